The Hall–Kier alpha value is -2.29. The number of hydrogen-bond donors (Lipinski definition) is 0. The van der Waals surface area contributed by atoms with Crippen LogP contribution in [0.2, 0.25) is 0 Å². The fourth-order valence-corrected chi connectivity index (χ4v) is 4.31. The molecular weight excluding hydrogens is 346 g/mol. The van der Waals surface area contributed by atoms with Crippen LogP contribution in [-0.4, -0.2) is 23.5 Å². The van der Waals surface area contributed by atoms with Gasteiger partial charge in [0.1, 0.15) is 5.60 Å². The van der Waals surface area contributed by atoms with Gasteiger partial charge in [0, 0.05) is 23.1 Å². The van der Waals surface area contributed by atoms with Crippen LogP contribution in [0.3, 0.4) is 0 Å². The SMILES string of the molecule is CCCCOc1cc2c(c3c1OC(C)(C)C3)C(c1ccccc1)=NC(C)(C)C2. The van der Waals surface area contributed by atoms with Crippen molar-refractivity contribution >= 4 is 5.71 Å². The molecule has 0 saturated carbocycles. The van der Waals surface area contributed by atoms with E-state index in [1.165, 1.54) is 22.3 Å². The monoisotopic (exact) mass is 377 g/mol. The summed E-state index contributed by atoms with van der Waals surface area (Å²) in [5, 5.41) is 0. The second-order valence-corrected chi connectivity index (χ2v) is 9.27. The quantitative estimate of drug-likeness (QED) is 0.621. The maximum Gasteiger partial charge on any atom is 0.166 e. The highest BCUT2D eigenvalue weighted by Crippen LogP contribution is 2.48. The van der Waals surface area contributed by atoms with E-state index in [2.05, 4.69) is 71.0 Å². The molecule has 0 spiro atoms. The van der Waals surface area contributed by atoms with Gasteiger partial charge in [-0.3, -0.25) is 4.99 Å². The Balaban J connectivity index is 1.89. The Morgan fingerprint density at radius 3 is 2.54 bits per heavy atom. The molecule has 0 radical (unpaired) electrons. The van der Waals surface area contributed by atoms with Gasteiger partial charge in [-0.05, 0) is 52.2 Å². The third-order valence-corrected chi connectivity index (χ3v) is 5.48. The Morgan fingerprint density at radius 2 is 1.82 bits per heavy atom. The smallest absolute Gasteiger partial charge is 0.166 e. The van der Waals surface area contributed by atoms with Crippen LogP contribution >= 0.6 is 0 Å². The lowest BCUT2D eigenvalue weighted by Crippen LogP contribution is -2.30. The van der Waals surface area contributed by atoms with Gasteiger partial charge in [-0.15, -0.1) is 0 Å². The lowest BCUT2D eigenvalue weighted by Gasteiger charge is -2.31. The number of hydrogen-bond acceptors (Lipinski definition) is 3. The van der Waals surface area contributed by atoms with Crippen LogP contribution in [0.15, 0.2) is 41.4 Å². The van der Waals surface area contributed by atoms with Crippen molar-refractivity contribution in [2.75, 3.05) is 6.61 Å². The Bertz CT molecular complexity index is 910. The van der Waals surface area contributed by atoms with Gasteiger partial charge in [-0.2, -0.15) is 0 Å². The summed E-state index contributed by atoms with van der Waals surface area (Å²) < 4.78 is 12.6. The first-order chi connectivity index (χ1) is 13.3. The van der Waals surface area contributed by atoms with Gasteiger partial charge in [0.25, 0.3) is 0 Å². The number of ether oxygens (including phenoxy) is 2. The number of fused-ring (bicyclic) bond motifs is 3. The third-order valence-electron chi connectivity index (χ3n) is 5.48. The fraction of sp³-hybridized carbons (Fsp3) is 0.480. The summed E-state index contributed by atoms with van der Waals surface area (Å²) in [6.07, 6.45) is 3.97. The van der Waals surface area contributed by atoms with E-state index in [9.17, 15) is 0 Å². The number of benzene rings is 2. The molecule has 0 aromatic heterocycles. The van der Waals surface area contributed by atoms with Crippen molar-refractivity contribution in [1.29, 1.82) is 0 Å². The molecule has 0 bridgehead atoms. The van der Waals surface area contributed by atoms with Gasteiger partial charge in [0.15, 0.2) is 11.5 Å². The molecule has 0 unspecified atom stereocenters. The second-order valence-electron chi connectivity index (χ2n) is 9.27. The Morgan fingerprint density at radius 1 is 1.07 bits per heavy atom. The summed E-state index contributed by atoms with van der Waals surface area (Å²) in [6.45, 7) is 11.6. The van der Waals surface area contributed by atoms with Crippen molar-refractivity contribution in [3.63, 3.8) is 0 Å². The van der Waals surface area contributed by atoms with Crippen molar-refractivity contribution in [2.45, 2.75) is 71.4 Å². The van der Waals surface area contributed by atoms with Crippen molar-refractivity contribution in [3.8, 4) is 11.5 Å². The molecule has 2 aliphatic rings. The second kappa shape index (κ2) is 6.95. The first kappa shape index (κ1) is 19.0. The van der Waals surface area contributed by atoms with Gasteiger partial charge in [-0.25, -0.2) is 0 Å². The standard InChI is InChI=1S/C25H31NO2/c1-6-7-13-27-20-14-18-15-24(2,3)26-22(17-11-9-8-10-12-17)21(18)19-16-25(4,5)28-23(19)20/h8-12,14H,6-7,13,15-16H2,1-5H3. The van der Waals surface area contributed by atoms with Crippen LogP contribution in [0.5, 0.6) is 11.5 Å². The summed E-state index contributed by atoms with van der Waals surface area (Å²) in [5.74, 6) is 1.82. The minimum Gasteiger partial charge on any atom is -0.490 e. The lowest BCUT2D eigenvalue weighted by molar-refractivity contribution is 0.132. The van der Waals surface area contributed by atoms with E-state index in [1.54, 1.807) is 0 Å². The summed E-state index contributed by atoms with van der Waals surface area (Å²) in [7, 11) is 0. The molecule has 0 amide bonds. The normalized spacial score (nSPS) is 18.7. The molecule has 0 saturated heterocycles. The average molecular weight is 378 g/mol. The van der Waals surface area contributed by atoms with E-state index in [4.69, 9.17) is 14.5 Å². The topological polar surface area (TPSA) is 30.8 Å². The molecule has 4 rings (SSSR count). The van der Waals surface area contributed by atoms with Crippen molar-refractivity contribution < 1.29 is 9.47 Å². The number of nitrogens with zero attached hydrogens (tertiary/aromatic N) is 1. The summed E-state index contributed by atoms with van der Waals surface area (Å²) in [6, 6.07) is 12.8. The van der Waals surface area contributed by atoms with Crippen molar-refractivity contribution in [1.82, 2.24) is 0 Å². The Labute approximate surface area is 168 Å². The first-order valence-electron chi connectivity index (χ1n) is 10.5. The molecule has 2 aromatic carbocycles. The minimum atomic E-state index is -0.227. The van der Waals surface area contributed by atoms with Gasteiger partial charge < -0.3 is 9.47 Å². The van der Waals surface area contributed by atoms with Crippen LogP contribution < -0.4 is 9.47 Å². The van der Waals surface area contributed by atoms with E-state index in [0.29, 0.717) is 0 Å². The van der Waals surface area contributed by atoms with Crippen LogP contribution in [0.4, 0.5) is 0 Å². The fourth-order valence-electron chi connectivity index (χ4n) is 4.31. The zero-order chi connectivity index (χ0) is 19.9. The highest BCUT2D eigenvalue weighted by Gasteiger charge is 2.39. The van der Waals surface area contributed by atoms with Crippen LogP contribution in [-0.2, 0) is 12.8 Å². The predicted molar refractivity (Wildman–Crippen MR) is 115 cm³/mol. The maximum absolute atomic E-state index is 6.38. The molecule has 0 aliphatic carbocycles. The number of aliphatic imine (C=N–C) groups is 1. The summed E-state index contributed by atoms with van der Waals surface area (Å²) >= 11 is 0. The van der Waals surface area contributed by atoms with E-state index in [0.717, 1.165) is 49.5 Å². The number of unbranched alkanes of at least 4 members (excludes halogenated alkanes) is 1. The molecule has 0 fully saturated rings. The maximum atomic E-state index is 6.38. The third kappa shape index (κ3) is 3.55. The van der Waals surface area contributed by atoms with Crippen molar-refractivity contribution in [2.24, 2.45) is 4.99 Å². The predicted octanol–water partition coefficient (Wildman–Crippen LogP) is 5.75. The molecule has 2 aliphatic heterocycles. The Kier molecular flexibility index (Phi) is 4.73. The molecule has 28 heavy (non-hydrogen) atoms. The van der Waals surface area contributed by atoms with E-state index >= 15 is 0 Å². The van der Waals surface area contributed by atoms with Gasteiger partial charge in [0.2, 0.25) is 0 Å². The first-order valence-corrected chi connectivity index (χ1v) is 10.5. The molecular formula is C25H31NO2. The van der Waals surface area contributed by atoms with E-state index < -0.39 is 0 Å². The largest absolute Gasteiger partial charge is 0.490 e. The molecule has 0 atom stereocenters. The van der Waals surface area contributed by atoms with Gasteiger partial charge >= 0.3 is 0 Å². The van der Waals surface area contributed by atoms with Crippen LogP contribution in [0.25, 0.3) is 0 Å². The van der Waals surface area contributed by atoms with Crippen LogP contribution in [0, 0.1) is 0 Å². The molecule has 0 N–H and O–H groups in total. The number of rotatable bonds is 5. The highest BCUT2D eigenvalue weighted by molar-refractivity contribution is 6.16. The van der Waals surface area contributed by atoms with E-state index in [1.807, 2.05) is 0 Å². The van der Waals surface area contributed by atoms with E-state index in [-0.39, 0.29) is 11.1 Å². The molecule has 3 heteroatoms. The summed E-state index contributed by atoms with van der Waals surface area (Å²) in [4.78, 5) is 5.18. The van der Waals surface area contributed by atoms with Gasteiger partial charge in [-0.1, -0.05) is 43.7 Å². The summed E-state index contributed by atoms with van der Waals surface area (Å²) in [5.41, 5.74) is 5.73. The molecule has 2 aromatic rings. The van der Waals surface area contributed by atoms with Crippen LogP contribution in [0.1, 0.15) is 69.7 Å². The van der Waals surface area contributed by atoms with Gasteiger partial charge in [0.05, 0.1) is 17.9 Å². The lowest BCUT2D eigenvalue weighted by atomic mass is 9.81. The zero-order valence-corrected chi connectivity index (χ0v) is 17.8. The zero-order valence-electron chi connectivity index (χ0n) is 17.8. The molecule has 2 heterocycles. The minimum absolute atomic E-state index is 0.137. The molecule has 3 nitrogen and oxygen atoms in total. The van der Waals surface area contributed by atoms with Crippen molar-refractivity contribution in [3.05, 3.63) is 58.7 Å². The highest BCUT2D eigenvalue weighted by atomic mass is 16.5. The average Bonchev–Trinajstić information content (AvgIpc) is 2.96. The molecule has 148 valence electrons.